The zero-order chi connectivity index (χ0) is 18.0. The number of rotatable bonds is 18. The van der Waals surface area contributed by atoms with Crippen molar-refractivity contribution in [2.75, 3.05) is 52.7 Å². The van der Waals surface area contributed by atoms with E-state index in [-0.39, 0.29) is 12.2 Å². The van der Waals surface area contributed by atoms with E-state index >= 15 is 0 Å². The number of nitrogens with zero attached hydrogens (tertiary/aromatic N) is 1. The first-order chi connectivity index (χ1) is 11.7. The smallest absolute Gasteiger partial charge is 0.0953 e. The molecular weight excluding hydrogens is 308 g/mol. The van der Waals surface area contributed by atoms with Gasteiger partial charge >= 0.3 is 0 Å². The SMILES string of the molecule is C=CCOCC(CN(N)CC(COCC=C)OCC=C)OCC=C. The van der Waals surface area contributed by atoms with Crippen LogP contribution in [-0.4, -0.2) is 69.9 Å². The van der Waals surface area contributed by atoms with E-state index in [1.54, 1.807) is 29.3 Å². The molecule has 0 saturated heterocycles. The van der Waals surface area contributed by atoms with E-state index < -0.39 is 0 Å². The summed E-state index contributed by atoms with van der Waals surface area (Å²) in [6.07, 6.45) is 6.45. The predicted octanol–water partition coefficient (Wildman–Crippen LogP) is 1.71. The molecule has 24 heavy (non-hydrogen) atoms. The minimum atomic E-state index is -0.165. The van der Waals surface area contributed by atoms with Gasteiger partial charge in [0.15, 0.2) is 0 Å². The van der Waals surface area contributed by atoms with Crippen molar-refractivity contribution in [3.8, 4) is 0 Å². The molecule has 2 atom stereocenters. The van der Waals surface area contributed by atoms with E-state index in [4.69, 9.17) is 24.8 Å². The standard InChI is InChI=1S/C18H32N2O4/c1-5-9-21-15-17(23-11-7-3)13-20(19)14-18(24-12-8-4)16-22-10-6-2/h5-8,17-18H,1-4,9-16,19H2. The van der Waals surface area contributed by atoms with Gasteiger partial charge in [-0.25, -0.2) is 5.01 Å². The maximum absolute atomic E-state index is 6.10. The fourth-order valence-corrected chi connectivity index (χ4v) is 1.88. The number of nitrogens with two attached hydrogens (primary N) is 1. The summed E-state index contributed by atoms with van der Waals surface area (Å²) in [7, 11) is 0. The Kier molecular flexibility index (Phi) is 15.7. The van der Waals surface area contributed by atoms with Crippen LogP contribution in [-0.2, 0) is 18.9 Å². The van der Waals surface area contributed by atoms with Gasteiger partial charge in [0.25, 0.3) is 0 Å². The average molecular weight is 340 g/mol. The fourth-order valence-electron chi connectivity index (χ4n) is 1.88. The molecule has 0 aromatic heterocycles. The Morgan fingerprint density at radius 1 is 0.708 bits per heavy atom. The first-order valence-corrected chi connectivity index (χ1v) is 7.99. The van der Waals surface area contributed by atoms with Crippen LogP contribution in [0.5, 0.6) is 0 Å². The lowest BCUT2D eigenvalue weighted by Crippen LogP contribution is -2.46. The van der Waals surface area contributed by atoms with E-state index in [1.165, 1.54) is 0 Å². The van der Waals surface area contributed by atoms with Crippen LogP contribution in [0.1, 0.15) is 0 Å². The lowest BCUT2D eigenvalue weighted by molar-refractivity contribution is -0.0434. The summed E-state index contributed by atoms with van der Waals surface area (Å²) in [5.74, 6) is 6.10. The summed E-state index contributed by atoms with van der Waals surface area (Å²) in [6, 6.07) is 0. The van der Waals surface area contributed by atoms with Crippen LogP contribution < -0.4 is 5.84 Å². The van der Waals surface area contributed by atoms with Crippen molar-refractivity contribution < 1.29 is 18.9 Å². The summed E-state index contributed by atoms with van der Waals surface area (Å²) in [5.41, 5.74) is 0. The molecule has 0 saturated carbocycles. The largest absolute Gasteiger partial charge is 0.375 e. The van der Waals surface area contributed by atoms with Gasteiger partial charge in [-0.15, -0.1) is 26.3 Å². The van der Waals surface area contributed by atoms with Crippen LogP contribution in [0, 0.1) is 0 Å². The fraction of sp³-hybridized carbons (Fsp3) is 0.556. The molecule has 0 fully saturated rings. The second-order valence-electron chi connectivity index (χ2n) is 5.09. The first-order valence-electron chi connectivity index (χ1n) is 7.99. The maximum Gasteiger partial charge on any atom is 0.0953 e. The summed E-state index contributed by atoms with van der Waals surface area (Å²) >= 11 is 0. The molecule has 0 amide bonds. The van der Waals surface area contributed by atoms with Gasteiger partial charge in [-0.2, -0.15) is 0 Å². The number of hydrogen-bond acceptors (Lipinski definition) is 6. The van der Waals surface area contributed by atoms with Gasteiger partial charge in [0, 0.05) is 13.1 Å². The highest BCUT2D eigenvalue weighted by Gasteiger charge is 2.17. The zero-order valence-electron chi connectivity index (χ0n) is 14.6. The topological polar surface area (TPSA) is 66.2 Å². The predicted molar refractivity (Wildman–Crippen MR) is 97.7 cm³/mol. The Hall–Kier alpha value is -1.28. The quantitative estimate of drug-likeness (QED) is 0.177. The second-order valence-corrected chi connectivity index (χ2v) is 5.09. The molecule has 6 heteroatoms. The van der Waals surface area contributed by atoms with Gasteiger partial charge in [-0.05, 0) is 0 Å². The van der Waals surface area contributed by atoms with Crippen molar-refractivity contribution in [3.63, 3.8) is 0 Å². The number of ether oxygens (including phenoxy) is 4. The Morgan fingerprint density at radius 2 is 1.08 bits per heavy atom. The third-order valence-corrected chi connectivity index (χ3v) is 2.85. The summed E-state index contributed by atoms with van der Waals surface area (Å²) in [5, 5.41) is 1.65. The van der Waals surface area contributed by atoms with E-state index in [0.717, 1.165) is 0 Å². The van der Waals surface area contributed by atoms with Crippen molar-refractivity contribution in [3.05, 3.63) is 50.6 Å². The third-order valence-electron chi connectivity index (χ3n) is 2.85. The van der Waals surface area contributed by atoms with Crippen LogP contribution >= 0.6 is 0 Å². The van der Waals surface area contributed by atoms with Gasteiger partial charge in [0.1, 0.15) is 0 Å². The molecular formula is C18H32N2O4. The van der Waals surface area contributed by atoms with Gasteiger partial charge in [-0.1, -0.05) is 24.3 Å². The van der Waals surface area contributed by atoms with E-state index in [0.29, 0.717) is 52.7 Å². The van der Waals surface area contributed by atoms with E-state index in [1.807, 2.05) is 0 Å². The van der Waals surface area contributed by atoms with E-state index in [2.05, 4.69) is 26.3 Å². The van der Waals surface area contributed by atoms with Crippen LogP contribution in [0.2, 0.25) is 0 Å². The molecule has 2 N–H and O–H groups in total. The molecule has 0 bridgehead atoms. The first kappa shape index (κ1) is 22.7. The molecule has 0 aliphatic carbocycles. The summed E-state index contributed by atoms with van der Waals surface area (Å²) < 4.78 is 22.2. The lowest BCUT2D eigenvalue weighted by atomic mass is 10.3. The Morgan fingerprint density at radius 3 is 1.42 bits per heavy atom. The number of hydrazine groups is 1. The molecule has 0 radical (unpaired) electrons. The molecule has 0 aliphatic rings. The highest BCUT2D eigenvalue weighted by molar-refractivity contribution is 4.73. The van der Waals surface area contributed by atoms with Crippen molar-refractivity contribution in [2.45, 2.75) is 12.2 Å². The van der Waals surface area contributed by atoms with Crippen molar-refractivity contribution in [1.29, 1.82) is 0 Å². The Balaban J connectivity index is 4.39. The molecule has 138 valence electrons. The van der Waals surface area contributed by atoms with Gasteiger partial charge in [-0.3, -0.25) is 5.84 Å². The summed E-state index contributed by atoms with van der Waals surface area (Å²) in [6.45, 7) is 18.2. The van der Waals surface area contributed by atoms with Crippen molar-refractivity contribution in [2.24, 2.45) is 5.84 Å². The normalized spacial score (nSPS) is 13.4. The molecule has 0 aromatic carbocycles. The molecule has 2 unspecified atom stereocenters. The van der Waals surface area contributed by atoms with Crippen LogP contribution in [0.25, 0.3) is 0 Å². The minimum Gasteiger partial charge on any atom is -0.375 e. The molecule has 0 aliphatic heterocycles. The monoisotopic (exact) mass is 340 g/mol. The molecule has 0 heterocycles. The second kappa shape index (κ2) is 16.6. The maximum atomic E-state index is 6.10. The Labute approximate surface area is 146 Å². The van der Waals surface area contributed by atoms with Gasteiger partial charge < -0.3 is 18.9 Å². The van der Waals surface area contributed by atoms with Crippen molar-refractivity contribution in [1.82, 2.24) is 5.01 Å². The molecule has 0 aromatic rings. The van der Waals surface area contributed by atoms with Crippen molar-refractivity contribution >= 4 is 0 Å². The number of hydrogen-bond donors (Lipinski definition) is 1. The average Bonchev–Trinajstić information content (AvgIpc) is 2.57. The molecule has 6 nitrogen and oxygen atoms in total. The highest BCUT2D eigenvalue weighted by atomic mass is 16.5. The zero-order valence-corrected chi connectivity index (χ0v) is 14.6. The van der Waals surface area contributed by atoms with Crippen LogP contribution in [0.4, 0.5) is 0 Å². The minimum absolute atomic E-state index is 0.165. The van der Waals surface area contributed by atoms with Gasteiger partial charge in [0.05, 0.1) is 51.8 Å². The van der Waals surface area contributed by atoms with E-state index in [9.17, 15) is 0 Å². The molecule has 0 spiro atoms. The molecule has 0 rings (SSSR count). The lowest BCUT2D eigenvalue weighted by Gasteiger charge is -2.27. The Bertz CT molecular complexity index is 318. The summed E-state index contributed by atoms with van der Waals surface area (Å²) in [4.78, 5) is 0. The third kappa shape index (κ3) is 13.2. The van der Waals surface area contributed by atoms with Crippen LogP contribution in [0.15, 0.2) is 50.6 Å². The highest BCUT2D eigenvalue weighted by Crippen LogP contribution is 2.01. The van der Waals surface area contributed by atoms with Crippen LogP contribution in [0.3, 0.4) is 0 Å². The van der Waals surface area contributed by atoms with Gasteiger partial charge in [0.2, 0.25) is 0 Å².